The van der Waals surface area contributed by atoms with Gasteiger partial charge in [0.05, 0.1) is 0 Å². The highest BCUT2D eigenvalue weighted by molar-refractivity contribution is 6.02. The highest BCUT2D eigenvalue weighted by Crippen LogP contribution is 2.40. The maximum atomic E-state index is 13.9. The van der Waals surface area contributed by atoms with E-state index in [0.717, 1.165) is 5.57 Å². The molecule has 0 heterocycles. The number of hydrogen-bond donors (Lipinski definition) is 0. The van der Waals surface area contributed by atoms with Crippen molar-refractivity contribution in [3.63, 3.8) is 0 Å². The van der Waals surface area contributed by atoms with Gasteiger partial charge >= 0.3 is 0 Å². The van der Waals surface area contributed by atoms with Crippen LogP contribution in [0.25, 0.3) is 0 Å². The van der Waals surface area contributed by atoms with Gasteiger partial charge in [0, 0.05) is 12.0 Å². The number of ketones is 1. The number of Topliss-reactive ketones (excluding diaryl/α,β-unsaturated/α-hetero) is 1. The summed E-state index contributed by atoms with van der Waals surface area (Å²) in [4.78, 5) is 13.9. The van der Waals surface area contributed by atoms with Gasteiger partial charge in [0.25, 0.3) is 0 Å². The molecule has 0 fully saturated rings. The summed E-state index contributed by atoms with van der Waals surface area (Å²) in [5, 5.41) is 0. The predicted molar refractivity (Wildman–Crippen MR) is 131 cm³/mol. The van der Waals surface area contributed by atoms with Gasteiger partial charge in [0.1, 0.15) is 0 Å². The Morgan fingerprint density at radius 2 is 1.33 bits per heavy atom. The van der Waals surface area contributed by atoms with Crippen LogP contribution in [0.2, 0.25) is 0 Å². The molecule has 0 bridgehead atoms. The molecule has 0 spiro atoms. The molecule has 1 aliphatic carbocycles. The molecule has 0 aromatic heterocycles. The minimum absolute atomic E-state index is 0.284. The third-order valence-corrected chi connectivity index (χ3v) is 6.44. The summed E-state index contributed by atoms with van der Waals surface area (Å²) < 4.78 is 0. The molecule has 1 atom stereocenters. The van der Waals surface area contributed by atoms with Crippen LogP contribution in [0, 0.1) is 30.1 Å². The zero-order valence-corrected chi connectivity index (χ0v) is 21.0. The Balaban J connectivity index is 2.58. The van der Waals surface area contributed by atoms with Gasteiger partial charge in [-0.2, -0.15) is 0 Å². The Kier molecular flexibility index (Phi) is 8.31. The van der Waals surface area contributed by atoms with E-state index in [1.807, 2.05) is 0 Å². The predicted octanol–water partition coefficient (Wildman–Crippen LogP) is 8.07. The average molecular weight is 408 g/mol. The fraction of sp³-hybridized carbons (Fsp3) is 0.586. The van der Waals surface area contributed by atoms with Crippen molar-refractivity contribution in [2.75, 3.05) is 0 Å². The maximum Gasteiger partial charge on any atom is 0.167 e. The lowest BCUT2D eigenvalue weighted by molar-refractivity contribution is -0.114. The standard InChI is InChI=1S/C29H43O/c1-17(2)22-14-25(20(7)8)29(26(15-22)21(9)10)28(30)16-27-23(18(3)4)12-11-13-24(27)19(5)6/h11-15,17-22H,16H2,1-10H3. The van der Waals surface area contributed by atoms with E-state index in [2.05, 4.69) is 99.9 Å². The van der Waals surface area contributed by atoms with Gasteiger partial charge in [-0.25, -0.2) is 0 Å². The van der Waals surface area contributed by atoms with E-state index in [4.69, 9.17) is 0 Å². The van der Waals surface area contributed by atoms with Crippen molar-refractivity contribution in [1.29, 1.82) is 0 Å². The molecule has 30 heavy (non-hydrogen) atoms. The summed E-state index contributed by atoms with van der Waals surface area (Å²) >= 11 is 0. The third-order valence-electron chi connectivity index (χ3n) is 6.44. The number of benzene rings is 1. The molecule has 1 nitrogen and oxygen atoms in total. The fourth-order valence-corrected chi connectivity index (χ4v) is 4.62. The monoisotopic (exact) mass is 407 g/mol. The van der Waals surface area contributed by atoms with Crippen LogP contribution in [-0.4, -0.2) is 5.78 Å². The third kappa shape index (κ3) is 5.34. The molecule has 0 amide bonds. The molecule has 1 aliphatic rings. The number of carbonyl (C=O) groups excluding carboxylic acids is 1. The highest BCUT2D eigenvalue weighted by atomic mass is 16.1. The van der Waals surface area contributed by atoms with Crippen LogP contribution >= 0.6 is 0 Å². The smallest absolute Gasteiger partial charge is 0.167 e. The van der Waals surface area contributed by atoms with Crippen molar-refractivity contribution in [3.05, 3.63) is 64.1 Å². The van der Waals surface area contributed by atoms with Crippen LogP contribution in [0.5, 0.6) is 0 Å². The van der Waals surface area contributed by atoms with E-state index in [9.17, 15) is 4.79 Å². The first-order valence-corrected chi connectivity index (χ1v) is 11.9. The van der Waals surface area contributed by atoms with Gasteiger partial charge in [-0.15, -0.1) is 0 Å². The van der Waals surface area contributed by atoms with E-state index < -0.39 is 0 Å². The van der Waals surface area contributed by atoms with Gasteiger partial charge in [-0.1, -0.05) is 99.1 Å². The lowest BCUT2D eigenvalue weighted by Crippen LogP contribution is -2.25. The second kappa shape index (κ2) is 10.1. The highest BCUT2D eigenvalue weighted by Gasteiger charge is 2.31. The lowest BCUT2D eigenvalue weighted by Gasteiger charge is -2.32. The quantitative estimate of drug-likeness (QED) is 0.426. The summed E-state index contributed by atoms with van der Waals surface area (Å²) in [6.07, 6.45) is 5.23. The molecule has 0 aliphatic heterocycles. The summed E-state index contributed by atoms with van der Waals surface area (Å²) in [5.41, 5.74) is 7.37. The molecule has 2 rings (SSSR count). The topological polar surface area (TPSA) is 17.1 Å². The van der Waals surface area contributed by atoms with Crippen molar-refractivity contribution in [1.82, 2.24) is 0 Å². The molecule has 0 saturated carbocycles. The van der Waals surface area contributed by atoms with Gasteiger partial charge < -0.3 is 0 Å². The minimum atomic E-state index is 0.284. The minimum Gasteiger partial charge on any atom is -0.294 e. The normalized spacial score (nSPS) is 17.7. The zero-order chi connectivity index (χ0) is 22.7. The molecule has 1 aromatic rings. The lowest BCUT2D eigenvalue weighted by atomic mass is 9.72. The SMILES string of the molecule is CC(C)C1=CC(C(C)C)[CH]C(C(C)C)=C1C(=O)Cc1c(C(C)C)cccc1C(C)C. The molecule has 1 radical (unpaired) electrons. The second-order valence-corrected chi connectivity index (χ2v) is 10.6. The number of hydrogen-bond acceptors (Lipinski definition) is 1. The van der Waals surface area contributed by atoms with Crippen LogP contribution in [-0.2, 0) is 11.2 Å². The number of rotatable bonds is 8. The van der Waals surface area contributed by atoms with Crippen LogP contribution in [0.15, 0.2) is 41.0 Å². The molecule has 0 saturated heterocycles. The molecule has 1 heteroatoms. The van der Waals surface area contributed by atoms with E-state index in [1.165, 1.54) is 27.8 Å². The van der Waals surface area contributed by atoms with Crippen LogP contribution < -0.4 is 0 Å². The van der Waals surface area contributed by atoms with Crippen molar-refractivity contribution >= 4 is 5.78 Å². The van der Waals surface area contributed by atoms with E-state index in [0.29, 0.717) is 41.9 Å². The largest absolute Gasteiger partial charge is 0.294 e. The molecule has 1 unspecified atom stereocenters. The Morgan fingerprint density at radius 3 is 1.73 bits per heavy atom. The van der Waals surface area contributed by atoms with Gasteiger partial charge in [-0.05, 0) is 64.2 Å². The van der Waals surface area contributed by atoms with Crippen LogP contribution in [0.1, 0.15) is 97.8 Å². The van der Waals surface area contributed by atoms with Crippen LogP contribution in [0.4, 0.5) is 0 Å². The summed E-state index contributed by atoms with van der Waals surface area (Å²) in [6.45, 7) is 22.4. The first kappa shape index (κ1) is 24.6. The van der Waals surface area contributed by atoms with Crippen molar-refractivity contribution in [2.24, 2.45) is 23.7 Å². The van der Waals surface area contributed by atoms with E-state index in [-0.39, 0.29) is 5.78 Å². The zero-order valence-electron chi connectivity index (χ0n) is 21.0. The van der Waals surface area contributed by atoms with Crippen LogP contribution in [0.3, 0.4) is 0 Å². The second-order valence-electron chi connectivity index (χ2n) is 10.6. The average Bonchev–Trinajstić information content (AvgIpc) is 2.66. The molecule has 1 aromatic carbocycles. The van der Waals surface area contributed by atoms with E-state index >= 15 is 0 Å². The number of carbonyl (C=O) groups is 1. The molecular formula is C29H43O. The fourth-order valence-electron chi connectivity index (χ4n) is 4.62. The van der Waals surface area contributed by atoms with Crippen molar-refractivity contribution < 1.29 is 4.79 Å². The maximum absolute atomic E-state index is 13.9. The van der Waals surface area contributed by atoms with E-state index in [1.54, 1.807) is 0 Å². The Hall–Kier alpha value is -1.63. The summed E-state index contributed by atoms with van der Waals surface area (Å²) in [6, 6.07) is 6.56. The van der Waals surface area contributed by atoms with Gasteiger partial charge in [0.15, 0.2) is 5.78 Å². The van der Waals surface area contributed by atoms with Gasteiger partial charge in [0.2, 0.25) is 0 Å². The molecule has 165 valence electrons. The molecule has 0 N–H and O–H groups in total. The van der Waals surface area contributed by atoms with Crippen molar-refractivity contribution in [2.45, 2.75) is 87.5 Å². The summed E-state index contributed by atoms with van der Waals surface area (Å²) in [5.74, 6) is 2.74. The first-order valence-electron chi connectivity index (χ1n) is 11.9. The summed E-state index contributed by atoms with van der Waals surface area (Å²) in [7, 11) is 0. The number of allylic oxidation sites excluding steroid dienone is 4. The molecular weight excluding hydrogens is 364 g/mol. The Morgan fingerprint density at radius 1 is 0.800 bits per heavy atom. The van der Waals surface area contributed by atoms with Gasteiger partial charge in [-0.3, -0.25) is 4.79 Å². The first-order chi connectivity index (χ1) is 14.0. The Bertz CT molecular complexity index is 789. The van der Waals surface area contributed by atoms with Crippen molar-refractivity contribution in [3.8, 4) is 0 Å². The Labute approximate surface area is 186 Å².